The molecule has 2 heterocycles. The van der Waals surface area contributed by atoms with Crippen LogP contribution >= 0.6 is 11.6 Å². The molecule has 0 bridgehead atoms. The largest absolute Gasteiger partial charge is 0.294 e. The Balaban J connectivity index is 1.59. The van der Waals surface area contributed by atoms with Gasteiger partial charge in [0.1, 0.15) is 5.82 Å². The van der Waals surface area contributed by atoms with E-state index < -0.39 is 0 Å². The normalized spacial score (nSPS) is 13.7. The summed E-state index contributed by atoms with van der Waals surface area (Å²) in [5.74, 6) is 0.735. The lowest BCUT2D eigenvalue weighted by Crippen LogP contribution is -2.38. The third kappa shape index (κ3) is 4.24. The highest BCUT2D eigenvalue weighted by Crippen LogP contribution is 2.18. The van der Waals surface area contributed by atoms with Gasteiger partial charge in [0.05, 0.1) is 29.4 Å². The smallest absolute Gasteiger partial charge is 0.258 e. The van der Waals surface area contributed by atoms with Gasteiger partial charge in [-0.05, 0) is 42.3 Å². The van der Waals surface area contributed by atoms with Gasteiger partial charge in [0.15, 0.2) is 0 Å². The minimum Gasteiger partial charge on any atom is -0.294 e. The van der Waals surface area contributed by atoms with E-state index in [0.717, 1.165) is 41.2 Å². The summed E-state index contributed by atoms with van der Waals surface area (Å²) in [7, 11) is 0. The number of benzene rings is 2. The van der Waals surface area contributed by atoms with Crippen molar-refractivity contribution in [1.29, 1.82) is 5.26 Å². The van der Waals surface area contributed by atoms with Crippen LogP contribution in [0.25, 0.3) is 0 Å². The van der Waals surface area contributed by atoms with Crippen molar-refractivity contribution in [3.8, 4) is 6.07 Å². The summed E-state index contributed by atoms with van der Waals surface area (Å²) in [6.45, 7) is 4.48. The van der Waals surface area contributed by atoms with Crippen LogP contribution in [0.2, 0.25) is 5.02 Å². The molecule has 0 amide bonds. The van der Waals surface area contributed by atoms with Gasteiger partial charge in [-0.15, -0.1) is 0 Å². The molecule has 0 atom stereocenters. The molecule has 0 saturated carbocycles. The van der Waals surface area contributed by atoms with E-state index in [4.69, 9.17) is 21.8 Å². The monoisotopic (exact) mass is 404 g/mol. The quantitative estimate of drug-likeness (QED) is 0.665. The average molecular weight is 405 g/mol. The number of hydrogen-bond donors (Lipinski definition) is 0. The first-order chi connectivity index (χ1) is 14.0. The van der Waals surface area contributed by atoms with Crippen molar-refractivity contribution in [2.45, 2.75) is 33.0 Å². The number of nitriles is 1. The van der Waals surface area contributed by atoms with Crippen molar-refractivity contribution in [2.75, 3.05) is 6.54 Å². The Bertz CT molecular complexity index is 1150. The first-order valence-electron chi connectivity index (χ1n) is 9.58. The van der Waals surface area contributed by atoms with Crippen molar-refractivity contribution >= 4 is 11.6 Å². The summed E-state index contributed by atoms with van der Waals surface area (Å²) in [5, 5.41) is 9.78. The van der Waals surface area contributed by atoms with E-state index in [9.17, 15) is 4.79 Å². The summed E-state index contributed by atoms with van der Waals surface area (Å²) < 4.78 is 1.74. The van der Waals surface area contributed by atoms with Crippen LogP contribution in [0, 0.1) is 18.3 Å². The van der Waals surface area contributed by atoms with E-state index in [-0.39, 0.29) is 5.56 Å². The molecule has 146 valence electrons. The Morgan fingerprint density at radius 1 is 1.14 bits per heavy atom. The van der Waals surface area contributed by atoms with Crippen LogP contribution < -0.4 is 5.56 Å². The highest BCUT2D eigenvalue weighted by molar-refractivity contribution is 6.30. The van der Waals surface area contributed by atoms with Gasteiger partial charge in [-0.25, -0.2) is 4.98 Å². The minimum absolute atomic E-state index is 0.0259. The summed E-state index contributed by atoms with van der Waals surface area (Å²) in [6, 6.07) is 17.3. The van der Waals surface area contributed by atoms with Crippen LogP contribution in [0.3, 0.4) is 0 Å². The molecule has 0 radical (unpaired) electrons. The van der Waals surface area contributed by atoms with E-state index >= 15 is 0 Å². The standard InChI is InChI=1S/C23H21ClN4O/c1-16-26-22-9-10-27(13-19-4-2-3-18(11-19)12-25)15-21(22)23(29)28(16)14-17-5-7-20(24)8-6-17/h2-8,11H,9-10,13-15H2,1H3. The number of halogens is 1. The number of fused-ring (bicyclic) bond motifs is 1. The molecule has 0 aliphatic carbocycles. The molecule has 5 nitrogen and oxygen atoms in total. The second kappa shape index (κ2) is 8.20. The van der Waals surface area contributed by atoms with Gasteiger partial charge in [0.2, 0.25) is 0 Å². The second-order valence-corrected chi connectivity index (χ2v) is 7.81. The van der Waals surface area contributed by atoms with Gasteiger partial charge >= 0.3 is 0 Å². The lowest BCUT2D eigenvalue weighted by molar-refractivity contribution is 0.240. The van der Waals surface area contributed by atoms with Crippen LogP contribution in [0.5, 0.6) is 0 Å². The number of rotatable bonds is 4. The molecule has 3 aromatic rings. The van der Waals surface area contributed by atoms with Crippen LogP contribution in [-0.2, 0) is 26.1 Å². The molecule has 0 spiro atoms. The lowest BCUT2D eigenvalue weighted by Gasteiger charge is -2.28. The number of hydrogen-bond acceptors (Lipinski definition) is 4. The van der Waals surface area contributed by atoms with Gasteiger partial charge < -0.3 is 0 Å². The maximum absolute atomic E-state index is 13.2. The zero-order chi connectivity index (χ0) is 20.4. The third-order valence-corrected chi connectivity index (χ3v) is 5.55. The Morgan fingerprint density at radius 3 is 2.69 bits per heavy atom. The van der Waals surface area contributed by atoms with Gasteiger partial charge in [0.25, 0.3) is 5.56 Å². The van der Waals surface area contributed by atoms with Crippen LogP contribution in [0.15, 0.2) is 53.3 Å². The predicted octanol–water partition coefficient (Wildman–Crippen LogP) is 3.68. The van der Waals surface area contributed by atoms with Crippen LogP contribution in [0.1, 0.15) is 33.8 Å². The predicted molar refractivity (Wildman–Crippen MR) is 113 cm³/mol. The van der Waals surface area contributed by atoms with Crippen LogP contribution in [-0.4, -0.2) is 21.0 Å². The maximum atomic E-state index is 13.2. The molecule has 2 aromatic carbocycles. The number of nitrogens with zero attached hydrogens (tertiary/aromatic N) is 4. The highest BCUT2D eigenvalue weighted by Gasteiger charge is 2.22. The Labute approximate surface area is 174 Å². The van der Waals surface area contributed by atoms with Crippen molar-refractivity contribution in [2.24, 2.45) is 0 Å². The lowest BCUT2D eigenvalue weighted by atomic mass is 10.0. The Hall–Kier alpha value is -2.94. The topological polar surface area (TPSA) is 61.9 Å². The van der Waals surface area contributed by atoms with Gasteiger partial charge in [-0.2, -0.15) is 5.26 Å². The van der Waals surface area contributed by atoms with Crippen molar-refractivity contribution in [3.05, 3.63) is 97.7 Å². The van der Waals surface area contributed by atoms with Crippen molar-refractivity contribution in [1.82, 2.24) is 14.5 Å². The molecule has 1 aromatic heterocycles. The molecular formula is C23H21ClN4O. The first-order valence-corrected chi connectivity index (χ1v) is 9.96. The third-order valence-electron chi connectivity index (χ3n) is 5.30. The molecular weight excluding hydrogens is 384 g/mol. The molecule has 0 saturated heterocycles. The number of aromatic nitrogens is 2. The van der Waals surface area contributed by atoms with E-state index in [1.165, 1.54) is 0 Å². The van der Waals surface area contributed by atoms with Crippen molar-refractivity contribution < 1.29 is 0 Å². The van der Waals surface area contributed by atoms with E-state index in [1.807, 2.05) is 49.4 Å². The van der Waals surface area contributed by atoms with Crippen molar-refractivity contribution in [3.63, 3.8) is 0 Å². The molecule has 1 aliphatic rings. The molecule has 1 aliphatic heterocycles. The molecule has 6 heteroatoms. The zero-order valence-corrected chi connectivity index (χ0v) is 17.0. The fourth-order valence-corrected chi connectivity index (χ4v) is 3.91. The highest BCUT2D eigenvalue weighted by atomic mass is 35.5. The van der Waals surface area contributed by atoms with Gasteiger partial charge in [-0.1, -0.05) is 35.9 Å². The fourth-order valence-electron chi connectivity index (χ4n) is 3.78. The summed E-state index contributed by atoms with van der Waals surface area (Å²) >= 11 is 5.97. The Morgan fingerprint density at radius 2 is 1.93 bits per heavy atom. The van der Waals surface area contributed by atoms with E-state index in [2.05, 4.69) is 11.0 Å². The summed E-state index contributed by atoms with van der Waals surface area (Å²) in [6.07, 6.45) is 0.755. The maximum Gasteiger partial charge on any atom is 0.258 e. The fraction of sp³-hybridized carbons (Fsp3) is 0.261. The van der Waals surface area contributed by atoms with Crippen LogP contribution in [0.4, 0.5) is 0 Å². The average Bonchev–Trinajstić information content (AvgIpc) is 2.73. The van der Waals surface area contributed by atoms with Gasteiger partial charge in [-0.3, -0.25) is 14.3 Å². The molecule has 0 fully saturated rings. The van der Waals surface area contributed by atoms with E-state index in [0.29, 0.717) is 30.2 Å². The molecule has 4 rings (SSSR count). The molecule has 0 N–H and O–H groups in total. The number of aryl methyl sites for hydroxylation is 1. The minimum atomic E-state index is 0.0259. The SMILES string of the molecule is Cc1nc2c(c(=O)n1Cc1ccc(Cl)cc1)CN(Cc1cccc(C#N)c1)CC2. The molecule has 0 unspecified atom stereocenters. The first kappa shape index (κ1) is 19.4. The van der Waals surface area contributed by atoms with Gasteiger partial charge in [0, 0.05) is 31.1 Å². The summed E-state index contributed by atoms with van der Waals surface area (Å²) in [4.78, 5) is 20.2. The second-order valence-electron chi connectivity index (χ2n) is 7.37. The summed E-state index contributed by atoms with van der Waals surface area (Å²) in [5.41, 5.74) is 4.45. The van der Waals surface area contributed by atoms with E-state index in [1.54, 1.807) is 10.6 Å². The Kier molecular flexibility index (Phi) is 5.48. The zero-order valence-electron chi connectivity index (χ0n) is 16.2. The molecule has 29 heavy (non-hydrogen) atoms.